The number of benzene rings is 1. The Labute approximate surface area is 87.1 Å². The van der Waals surface area contributed by atoms with Crippen molar-refractivity contribution in [1.82, 2.24) is 0 Å². The second-order valence-corrected chi connectivity index (χ2v) is 3.61. The van der Waals surface area contributed by atoms with Crippen molar-refractivity contribution >= 4 is 17.3 Å². The maximum Gasteiger partial charge on any atom is 0.258 e. The van der Waals surface area contributed by atoms with Crippen molar-refractivity contribution in [3.63, 3.8) is 0 Å². The topological polar surface area (TPSA) is 12.0 Å². The molecule has 1 N–H and O–H groups in total. The summed E-state index contributed by atoms with van der Waals surface area (Å²) in [6, 6.07) is 4.39. The molecule has 1 nitrogen and oxygen atoms in total. The first-order valence-electron chi connectivity index (χ1n) is 4.32. The van der Waals surface area contributed by atoms with Crippen molar-refractivity contribution in [2.24, 2.45) is 0 Å². The summed E-state index contributed by atoms with van der Waals surface area (Å²) in [6.07, 6.45) is -2.40. The number of aryl methyl sites for hydroxylation is 1. The first-order valence-corrected chi connectivity index (χ1v) is 4.70. The van der Waals surface area contributed by atoms with Crippen LogP contribution in [0.25, 0.3) is 0 Å². The molecule has 1 atom stereocenters. The molecule has 0 fully saturated rings. The maximum absolute atomic E-state index is 12.3. The smallest absolute Gasteiger partial charge is 0.258 e. The van der Waals surface area contributed by atoms with Crippen LogP contribution in [0.15, 0.2) is 18.2 Å². The highest BCUT2D eigenvalue weighted by molar-refractivity contribution is 6.33. The summed E-state index contributed by atoms with van der Waals surface area (Å²) in [5, 5.41) is 3.17. The Morgan fingerprint density at radius 2 is 2.00 bits per heavy atom. The van der Waals surface area contributed by atoms with Crippen LogP contribution >= 0.6 is 11.6 Å². The molecule has 0 saturated carbocycles. The third-order valence-electron chi connectivity index (χ3n) is 1.97. The van der Waals surface area contributed by atoms with Gasteiger partial charge < -0.3 is 5.32 Å². The second kappa shape index (κ2) is 4.60. The van der Waals surface area contributed by atoms with Gasteiger partial charge in [0.2, 0.25) is 0 Å². The first kappa shape index (κ1) is 11.2. The van der Waals surface area contributed by atoms with Gasteiger partial charge in [-0.3, -0.25) is 0 Å². The summed E-state index contributed by atoms with van der Waals surface area (Å²) in [6.45, 7) is 3.25. The second-order valence-electron chi connectivity index (χ2n) is 3.20. The van der Waals surface area contributed by atoms with Crippen molar-refractivity contribution in [2.75, 3.05) is 5.32 Å². The zero-order valence-electron chi connectivity index (χ0n) is 8.02. The van der Waals surface area contributed by atoms with Crippen molar-refractivity contribution in [3.05, 3.63) is 28.8 Å². The molecule has 0 bridgehead atoms. The van der Waals surface area contributed by atoms with E-state index < -0.39 is 12.5 Å². The van der Waals surface area contributed by atoms with Gasteiger partial charge in [0.05, 0.1) is 16.8 Å². The van der Waals surface area contributed by atoms with Gasteiger partial charge in [0.15, 0.2) is 0 Å². The summed E-state index contributed by atoms with van der Waals surface area (Å²) in [5.41, 5.74) is 1.45. The Morgan fingerprint density at radius 3 is 2.50 bits per heavy atom. The zero-order valence-corrected chi connectivity index (χ0v) is 8.78. The minimum Gasteiger partial charge on any atom is -0.375 e. The molecule has 1 aromatic carbocycles. The molecule has 1 aromatic rings. The Balaban J connectivity index is 2.85. The molecule has 0 aliphatic rings. The van der Waals surface area contributed by atoms with Gasteiger partial charge >= 0.3 is 0 Å². The predicted molar refractivity (Wildman–Crippen MR) is 55.3 cm³/mol. The number of para-hydroxylation sites is 1. The van der Waals surface area contributed by atoms with Crippen LogP contribution in [0.2, 0.25) is 5.02 Å². The Morgan fingerprint density at radius 1 is 1.36 bits per heavy atom. The van der Waals surface area contributed by atoms with Gasteiger partial charge in [0.1, 0.15) is 0 Å². The quantitative estimate of drug-likeness (QED) is 0.817. The van der Waals surface area contributed by atoms with Crippen molar-refractivity contribution in [1.29, 1.82) is 0 Å². The highest BCUT2D eigenvalue weighted by Crippen LogP contribution is 2.26. The minimum absolute atomic E-state index is 0.470. The van der Waals surface area contributed by atoms with Gasteiger partial charge in [-0.1, -0.05) is 23.7 Å². The van der Waals surface area contributed by atoms with Gasteiger partial charge in [-0.05, 0) is 25.5 Å². The van der Waals surface area contributed by atoms with E-state index >= 15 is 0 Å². The van der Waals surface area contributed by atoms with Crippen LogP contribution in [0.5, 0.6) is 0 Å². The largest absolute Gasteiger partial charge is 0.375 e. The third-order valence-corrected chi connectivity index (χ3v) is 2.29. The molecule has 0 aromatic heterocycles. The zero-order chi connectivity index (χ0) is 10.7. The van der Waals surface area contributed by atoms with Crippen LogP contribution in [-0.2, 0) is 0 Å². The normalized spacial score (nSPS) is 13.0. The van der Waals surface area contributed by atoms with Crippen LogP contribution in [0, 0.1) is 6.92 Å². The molecular formula is C10H12ClF2N. The molecular weight excluding hydrogens is 208 g/mol. The average Bonchev–Trinajstić information content (AvgIpc) is 2.11. The van der Waals surface area contributed by atoms with Gasteiger partial charge in [-0.2, -0.15) is 0 Å². The summed E-state index contributed by atoms with van der Waals surface area (Å²) < 4.78 is 24.5. The van der Waals surface area contributed by atoms with E-state index in [0.29, 0.717) is 10.7 Å². The molecule has 14 heavy (non-hydrogen) atoms. The molecule has 0 aliphatic heterocycles. The highest BCUT2D eigenvalue weighted by Gasteiger charge is 2.15. The Kier molecular flexibility index (Phi) is 3.69. The van der Waals surface area contributed by atoms with Gasteiger partial charge in [0.25, 0.3) is 6.43 Å². The maximum atomic E-state index is 12.3. The third kappa shape index (κ3) is 2.58. The molecule has 78 valence electrons. The van der Waals surface area contributed by atoms with E-state index in [1.807, 2.05) is 13.0 Å². The molecule has 4 heteroatoms. The molecule has 0 saturated heterocycles. The summed E-state index contributed by atoms with van der Waals surface area (Å²) in [4.78, 5) is 0. The van der Waals surface area contributed by atoms with Gasteiger partial charge in [-0.15, -0.1) is 0 Å². The summed E-state index contributed by atoms with van der Waals surface area (Å²) >= 11 is 5.87. The van der Waals surface area contributed by atoms with E-state index in [9.17, 15) is 8.78 Å². The molecule has 0 radical (unpaired) electrons. The number of hydrogen-bond acceptors (Lipinski definition) is 1. The van der Waals surface area contributed by atoms with E-state index in [2.05, 4.69) is 5.32 Å². The fourth-order valence-corrected chi connectivity index (χ4v) is 1.38. The van der Waals surface area contributed by atoms with Crippen molar-refractivity contribution in [3.8, 4) is 0 Å². The van der Waals surface area contributed by atoms with Crippen molar-refractivity contribution < 1.29 is 8.78 Å². The lowest BCUT2D eigenvalue weighted by Crippen LogP contribution is -2.24. The lowest BCUT2D eigenvalue weighted by molar-refractivity contribution is 0.130. The fraction of sp³-hybridized carbons (Fsp3) is 0.400. The van der Waals surface area contributed by atoms with Gasteiger partial charge in [0, 0.05) is 0 Å². The highest BCUT2D eigenvalue weighted by atomic mass is 35.5. The molecule has 0 aliphatic carbocycles. The SMILES string of the molecule is Cc1cccc(Cl)c1NC(C)C(F)F. The number of halogens is 3. The average molecular weight is 220 g/mol. The molecule has 1 rings (SSSR count). The summed E-state index contributed by atoms with van der Waals surface area (Å²) in [7, 11) is 0. The van der Waals surface area contributed by atoms with E-state index in [1.165, 1.54) is 6.92 Å². The van der Waals surface area contributed by atoms with E-state index in [-0.39, 0.29) is 0 Å². The summed E-state index contributed by atoms with van der Waals surface area (Å²) in [5.74, 6) is 0. The Hall–Kier alpha value is -0.830. The predicted octanol–water partition coefficient (Wildman–Crippen LogP) is 3.71. The van der Waals surface area contributed by atoms with Crippen LogP contribution in [0.4, 0.5) is 14.5 Å². The number of nitrogens with one attached hydrogen (secondary N) is 1. The monoisotopic (exact) mass is 219 g/mol. The standard InChI is InChI=1S/C10H12ClF2N/c1-6-4-3-5-8(11)9(6)14-7(2)10(12)13/h3-5,7,10,14H,1-2H3. The molecule has 0 heterocycles. The number of hydrogen-bond donors (Lipinski definition) is 1. The number of rotatable bonds is 3. The van der Waals surface area contributed by atoms with Crippen LogP contribution in [0.3, 0.4) is 0 Å². The van der Waals surface area contributed by atoms with Crippen LogP contribution in [-0.4, -0.2) is 12.5 Å². The molecule has 0 amide bonds. The van der Waals surface area contributed by atoms with E-state index in [1.54, 1.807) is 12.1 Å². The molecule has 0 spiro atoms. The lowest BCUT2D eigenvalue weighted by Gasteiger charge is -2.17. The first-order chi connectivity index (χ1) is 6.52. The van der Waals surface area contributed by atoms with Crippen molar-refractivity contribution in [2.45, 2.75) is 26.3 Å². The molecule has 1 unspecified atom stereocenters. The van der Waals surface area contributed by atoms with Gasteiger partial charge in [-0.25, -0.2) is 8.78 Å². The van der Waals surface area contributed by atoms with E-state index in [0.717, 1.165) is 5.56 Å². The van der Waals surface area contributed by atoms with Crippen LogP contribution in [0.1, 0.15) is 12.5 Å². The van der Waals surface area contributed by atoms with Crippen LogP contribution < -0.4 is 5.32 Å². The Bertz CT molecular complexity index is 295. The minimum atomic E-state index is -2.40. The number of alkyl halides is 2. The number of anilines is 1. The van der Waals surface area contributed by atoms with E-state index in [4.69, 9.17) is 11.6 Å². The fourth-order valence-electron chi connectivity index (χ4n) is 1.11. The lowest BCUT2D eigenvalue weighted by atomic mass is 10.2.